The Morgan fingerprint density at radius 3 is 2.77 bits per heavy atom. The number of amides is 2. The lowest BCUT2D eigenvalue weighted by molar-refractivity contribution is -0.132. The summed E-state index contributed by atoms with van der Waals surface area (Å²) in [5, 5.41) is 15.2. The van der Waals surface area contributed by atoms with Gasteiger partial charge >= 0.3 is 0 Å². The summed E-state index contributed by atoms with van der Waals surface area (Å²) in [5.41, 5.74) is 1.76. The maximum absolute atomic E-state index is 12.6. The van der Waals surface area contributed by atoms with E-state index in [1.54, 1.807) is 37.1 Å². The van der Waals surface area contributed by atoms with Crippen LogP contribution >= 0.6 is 11.6 Å². The van der Waals surface area contributed by atoms with Gasteiger partial charge in [0.25, 0.3) is 0 Å². The van der Waals surface area contributed by atoms with Gasteiger partial charge in [0.05, 0.1) is 12.6 Å². The standard InChI is InChI=1S/C20H25ClN6O3/c1-14-23-25-27(24-14)12-16-11-17(21)5-3-15(16)4-6-20(29)26-9-7-18(8-10-26)30-13-19(28)22-2/h3-6,11,18H,7-10,12-13H2,1-2H3,(H,22,28). The predicted octanol–water partition coefficient (Wildman–Crippen LogP) is 1.45. The van der Waals surface area contributed by atoms with Gasteiger partial charge < -0.3 is 15.0 Å². The first-order valence-corrected chi connectivity index (χ1v) is 10.1. The predicted molar refractivity (Wildman–Crippen MR) is 112 cm³/mol. The molecule has 0 saturated carbocycles. The molecule has 2 aromatic rings. The van der Waals surface area contributed by atoms with Gasteiger partial charge in [-0.2, -0.15) is 4.80 Å². The summed E-state index contributed by atoms with van der Waals surface area (Å²) in [6.45, 7) is 3.42. The van der Waals surface area contributed by atoms with Crippen molar-refractivity contribution in [2.24, 2.45) is 0 Å². The van der Waals surface area contributed by atoms with Crippen molar-refractivity contribution in [3.8, 4) is 0 Å². The van der Waals surface area contributed by atoms with Crippen molar-refractivity contribution in [3.63, 3.8) is 0 Å². The number of halogens is 1. The Morgan fingerprint density at radius 1 is 1.33 bits per heavy atom. The summed E-state index contributed by atoms with van der Waals surface area (Å²) in [7, 11) is 1.58. The molecule has 0 atom stereocenters. The number of likely N-dealkylation sites (N-methyl/N-ethyl adjacent to an activating group) is 1. The van der Waals surface area contributed by atoms with Crippen molar-refractivity contribution in [2.75, 3.05) is 26.7 Å². The number of aryl methyl sites for hydroxylation is 1. The Balaban J connectivity index is 1.58. The van der Waals surface area contributed by atoms with E-state index >= 15 is 0 Å². The lowest BCUT2D eigenvalue weighted by atomic mass is 10.1. The van der Waals surface area contributed by atoms with Crippen LogP contribution in [0, 0.1) is 6.92 Å². The molecule has 0 radical (unpaired) electrons. The number of likely N-dealkylation sites (tertiary alicyclic amines) is 1. The van der Waals surface area contributed by atoms with Crippen LogP contribution in [-0.4, -0.2) is 69.8 Å². The van der Waals surface area contributed by atoms with E-state index in [-0.39, 0.29) is 24.5 Å². The maximum atomic E-state index is 12.6. The average Bonchev–Trinajstić information content (AvgIpc) is 3.16. The Labute approximate surface area is 180 Å². The Morgan fingerprint density at radius 2 is 2.10 bits per heavy atom. The minimum Gasteiger partial charge on any atom is -0.368 e. The van der Waals surface area contributed by atoms with E-state index < -0.39 is 0 Å². The van der Waals surface area contributed by atoms with Crippen LogP contribution in [0.15, 0.2) is 24.3 Å². The molecule has 1 aliphatic heterocycles. The number of carbonyl (C=O) groups is 2. The van der Waals surface area contributed by atoms with Crippen LogP contribution in [0.2, 0.25) is 5.02 Å². The quantitative estimate of drug-likeness (QED) is 0.664. The molecule has 0 spiro atoms. The Hall–Kier alpha value is -2.78. The summed E-state index contributed by atoms with van der Waals surface area (Å²) in [6.07, 6.45) is 4.77. The van der Waals surface area contributed by atoms with Gasteiger partial charge in [0, 0.05) is 31.2 Å². The Bertz CT molecular complexity index is 921. The van der Waals surface area contributed by atoms with E-state index in [1.165, 1.54) is 4.80 Å². The smallest absolute Gasteiger partial charge is 0.246 e. The van der Waals surface area contributed by atoms with Crippen LogP contribution in [0.1, 0.15) is 29.8 Å². The van der Waals surface area contributed by atoms with Gasteiger partial charge in [0.2, 0.25) is 11.8 Å². The van der Waals surface area contributed by atoms with E-state index in [1.807, 2.05) is 12.1 Å². The molecule has 160 valence electrons. The van der Waals surface area contributed by atoms with Crippen LogP contribution in [-0.2, 0) is 20.9 Å². The number of nitrogens with one attached hydrogen (secondary N) is 1. The molecule has 2 heterocycles. The zero-order valence-corrected chi connectivity index (χ0v) is 17.8. The molecule has 0 bridgehead atoms. The molecule has 1 fully saturated rings. The summed E-state index contributed by atoms with van der Waals surface area (Å²) >= 11 is 6.14. The third-order valence-corrected chi connectivity index (χ3v) is 5.09. The molecule has 0 aliphatic carbocycles. The minimum atomic E-state index is -0.147. The van der Waals surface area contributed by atoms with E-state index in [4.69, 9.17) is 16.3 Å². The molecule has 1 aromatic carbocycles. The highest BCUT2D eigenvalue weighted by molar-refractivity contribution is 6.30. The first kappa shape index (κ1) is 21.9. The molecule has 1 saturated heterocycles. The lowest BCUT2D eigenvalue weighted by Gasteiger charge is -2.31. The van der Waals surface area contributed by atoms with Crippen molar-refractivity contribution in [3.05, 3.63) is 46.2 Å². The number of carbonyl (C=O) groups excluding carboxylic acids is 2. The number of piperidine rings is 1. The molecule has 10 heteroatoms. The number of nitrogens with zero attached hydrogens (tertiary/aromatic N) is 5. The van der Waals surface area contributed by atoms with E-state index in [2.05, 4.69) is 20.7 Å². The average molecular weight is 433 g/mol. The van der Waals surface area contributed by atoms with Crippen LogP contribution in [0.4, 0.5) is 0 Å². The number of hydrogen-bond acceptors (Lipinski definition) is 6. The highest BCUT2D eigenvalue weighted by atomic mass is 35.5. The number of ether oxygens (including phenoxy) is 1. The molecule has 1 aliphatic rings. The number of benzene rings is 1. The topological polar surface area (TPSA) is 102 Å². The van der Waals surface area contributed by atoms with Crippen LogP contribution in [0.25, 0.3) is 6.08 Å². The van der Waals surface area contributed by atoms with E-state index in [0.29, 0.717) is 43.3 Å². The first-order chi connectivity index (χ1) is 14.4. The highest BCUT2D eigenvalue weighted by Crippen LogP contribution is 2.19. The van der Waals surface area contributed by atoms with Gasteiger partial charge in [-0.25, -0.2) is 0 Å². The molecule has 9 nitrogen and oxygen atoms in total. The fourth-order valence-electron chi connectivity index (χ4n) is 3.19. The summed E-state index contributed by atoms with van der Waals surface area (Å²) in [6, 6.07) is 5.48. The highest BCUT2D eigenvalue weighted by Gasteiger charge is 2.22. The summed E-state index contributed by atoms with van der Waals surface area (Å²) < 4.78 is 5.58. The number of hydrogen-bond donors (Lipinski definition) is 1. The number of tetrazole rings is 1. The fraction of sp³-hybridized carbons (Fsp3) is 0.450. The van der Waals surface area contributed by atoms with Gasteiger partial charge in [0.1, 0.15) is 6.61 Å². The van der Waals surface area contributed by atoms with Crippen LogP contribution < -0.4 is 5.32 Å². The van der Waals surface area contributed by atoms with Gasteiger partial charge in [-0.3, -0.25) is 9.59 Å². The second-order valence-electron chi connectivity index (χ2n) is 7.05. The summed E-state index contributed by atoms with van der Waals surface area (Å²) in [5.74, 6) is 0.383. The van der Waals surface area contributed by atoms with Crippen molar-refractivity contribution >= 4 is 29.5 Å². The minimum absolute atomic E-state index is 0.00293. The molecular formula is C20H25ClN6O3. The lowest BCUT2D eigenvalue weighted by Crippen LogP contribution is -2.41. The number of rotatable bonds is 7. The number of aromatic nitrogens is 4. The van der Waals surface area contributed by atoms with Crippen molar-refractivity contribution < 1.29 is 14.3 Å². The normalized spacial score (nSPS) is 15.0. The van der Waals surface area contributed by atoms with Gasteiger partial charge in [-0.1, -0.05) is 17.7 Å². The SMILES string of the molecule is CNC(=O)COC1CCN(C(=O)C=Cc2ccc(Cl)cc2Cn2nnc(C)n2)CC1. The zero-order valence-electron chi connectivity index (χ0n) is 17.0. The molecule has 1 aromatic heterocycles. The fourth-order valence-corrected chi connectivity index (χ4v) is 3.39. The third kappa shape index (κ3) is 6.11. The third-order valence-electron chi connectivity index (χ3n) is 4.86. The van der Waals surface area contributed by atoms with Gasteiger partial charge in [-0.15, -0.1) is 10.2 Å². The van der Waals surface area contributed by atoms with E-state index in [9.17, 15) is 9.59 Å². The van der Waals surface area contributed by atoms with Crippen molar-refractivity contribution in [1.29, 1.82) is 0 Å². The largest absolute Gasteiger partial charge is 0.368 e. The second-order valence-corrected chi connectivity index (χ2v) is 7.49. The van der Waals surface area contributed by atoms with Crippen LogP contribution in [0.5, 0.6) is 0 Å². The van der Waals surface area contributed by atoms with Crippen LogP contribution in [0.3, 0.4) is 0 Å². The molecule has 2 amide bonds. The van der Waals surface area contributed by atoms with Gasteiger partial charge in [-0.05, 0) is 54.3 Å². The molecule has 30 heavy (non-hydrogen) atoms. The monoisotopic (exact) mass is 432 g/mol. The molecule has 3 rings (SSSR count). The molecule has 0 unspecified atom stereocenters. The Kier molecular flexibility index (Phi) is 7.53. The zero-order chi connectivity index (χ0) is 21.5. The molecular weight excluding hydrogens is 408 g/mol. The maximum Gasteiger partial charge on any atom is 0.246 e. The first-order valence-electron chi connectivity index (χ1n) is 9.76. The van der Waals surface area contributed by atoms with Gasteiger partial charge in [0.15, 0.2) is 5.82 Å². The summed E-state index contributed by atoms with van der Waals surface area (Å²) in [4.78, 5) is 27.2. The van der Waals surface area contributed by atoms with Crippen molar-refractivity contribution in [1.82, 2.24) is 30.4 Å². The van der Waals surface area contributed by atoms with Crippen molar-refractivity contribution in [2.45, 2.75) is 32.4 Å². The molecule has 1 N–H and O–H groups in total. The van der Waals surface area contributed by atoms with E-state index in [0.717, 1.165) is 11.1 Å². The second kappa shape index (κ2) is 10.3.